The minimum absolute atomic E-state index is 0.143. The molecule has 1 N–H and O–H groups in total. The Morgan fingerprint density at radius 2 is 1.73 bits per heavy atom. The van der Waals surface area contributed by atoms with E-state index < -0.39 is 0 Å². The summed E-state index contributed by atoms with van der Waals surface area (Å²) in [6.45, 7) is 13.0. The summed E-state index contributed by atoms with van der Waals surface area (Å²) in [5, 5.41) is 3.57. The maximum absolute atomic E-state index is 12.5. The number of carbonyl (C=O) groups excluding carboxylic acids is 1. The molecule has 0 aromatic rings. The summed E-state index contributed by atoms with van der Waals surface area (Å²) in [5.74, 6) is 0.886. The zero-order valence-electron chi connectivity index (χ0n) is 15.0. The molecule has 0 radical (unpaired) electrons. The second kappa shape index (κ2) is 7.31. The van der Waals surface area contributed by atoms with Gasteiger partial charge in [0.2, 0.25) is 5.91 Å². The molecule has 4 heteroatoms. The largest absolute Gasteiger partial charge is 0.372 e. The molecule has 1 aliphatic heterocycles. The van der Waals surface area contributed by atoms with E-state index >= 15 is 0 Å². The van der Waals surface area contributed by atoms with Crippen LogP contribution in [0.2, 0.25) is 0 Å². The predicted molar refractivity (Wildman–Crippen MR) is 89.8 cm³/mol. The van der Waals surface area contributed by atoms with E-state index in [1.54, 1.807) is 0 Å². The summed E-state index contributed by atoms with van der Waals surface area (Å²) in [5.41, 5.74) is 0.309. The summed E-state index contributed by atoms with van der Waals surface area (Å²) >= 11 is 0. The number of ether oxygens (including phenoxy) is 1. The molecular formula is C18H34N2O2. The first kappa shape index (κ1) is 17.7. The van der Waals surface area contributed by atoms with E-state index in [1.807, 2.05) is 18.7 Å². The monoisotopic (exact) mass is 310 g/mol. The van der Waals surface area contributed by atoms with Crippen molar-refractivity contribution < 1.29 is 9.53 Å². The maximum Gasteiger partial charge on any atom is 0.236 e. The SMILES string of the molecule is CC1CN(C(=O)CNC2CCCCC2C(C)(C)C)CC(C)O1. The predicted octanol–water partition coefficient (Wildman–Crippen LogP) is 2.82. The van der Waals surface area contributed by atoms with E-state index in [9.17, 15) is 4.79 Å². The van der Waals surface area contributed by atoms with Gasteiger partial charge in [0.15, 0.2) is 0 Å². The third-order valence-electron chi connectivity index (χ3n) is 5.17. The molecule has 4 nitrogen and oxygen atoms in total. The van der Waals surface area contributed by atoms with Gasteiger partial charge in [0.25, 0.3) is 0 Å². The molecule has 1 aliphatic carbocycles. The fourth-order valence-corrected chi connectivity index (χ4v) is 4.12. The summed E-state index contributed by atoms with van der Waals surface area (Å²) in [6, 6.07) is 0.480. The topological polar surface area (TPSA) is 41.6 Å². The van der Waals surface area contributed by atoms with E-state index in [-0.39, 0.29) is 18.1 Å². The Morgan fingerprint density at radius 3 is 2.32 bits per heavy atom. The number of morpholine rings is 1. The van der Waals surface area contributed by atoms with Crippen LogP contribution in [-0.4, -0.2) is 48.7 Å². The molecule has 128 valence electrons. The lowest BCUT2D eigenvalue weighted by Crippen LogP contribution is -2.53. The van der Waals surface area contributed by atoms with Gasteiger partial charge in [-0.25, -0.2) is 0 Å². The van der Waals surface area contributed by atoms with Crippen molar-refractivity contribution >= 4 is 5.91 Å². The quantitative estimate of drug-likeness (QED) is 0.871. The van der Waals surface area contributed by atoms with E-state index in [4.69, 9.17) is 4.74 Å². The molecule has 0 aromatic carbocycles. The fraction of sp³-hybridized carbons (Fsp3) is 0.944. The van der Waals surface area contributed by atoms with Gasteiger partial charge in [-0.2, -0.15) is 0 Å². The van der Waals surface area contributed by atoms with Gasteiger partial charge < -0.3 is 15.0 Å². The number of hydrogen-bond acceptors (Lipinski definition) is 3. The molecule has 4 atom stereocenters. The van der Waals surface area contributed by atoms with Crippen LogP contribution in [0, 0.1) is 11.3 Å². The second-order valence-electron chi connectivity index (χ2n) is 8.30. The van der Waals surface area contributed by atoms with Crippen molar-refractivity contribution in [3.8, 4) is 0 Å². The van der Waals surface area contributed by atoms with Crippen LogP contribution in [-0.2, 0) is 9.53 Å². The third-order valence-corrected chi connectivity index (χ3v) is 5.17. The smallest absolute Gasteiger partial charge is 0.236 e. The zero-order chi connectivity index (χ0) is 16.3. The second-order valence-corrected chi connectivity index (χ2v) is 8.30. The van der Waals surface area contributed by atoms with Crippen molar-refractivity contribution in [3.63, 3.8) is 0 Å². The number of nitrogens with zero attached hydrogens (tertiary/aromatic N) is 1. The molecule has 2 aliphatic rings. The highest BCUT2D eigenvalue weighted by molar-refractivity contribution is 5.78. The number of rotatable bonds is 3. The average molecular weight is 310 g/mol. The first-order valence-electron chi connectivity index (χ1n) is 8.94. The van der Waals surface area contributed by atoms with Gasteiger partial charge >= 0.3 is 0 Å². The van der Waals surface area contributed by atoms with Crippen LogP contribution in [0.4, 0.5) is 0 Å². The minimum Gasteiger partial charge on any atom is -0.372 e. The van der Waals surface area contributed by atoms with Gasteiger partial charge in [-0.3, -0.25) is 4.79 Å². The third kappa shape index (κ3) is 4.69. The molecule has 2 rings (SSSR count). The summed E-state index contributed by atoms with van der Waals surface area (Å²) < 4.78 is 5.71. The Bertz CT molecular complexity index is 368. The first-order valence-corrected chi connectivity index (χ1v) is 8.94. The number of hydrogen-bond donors (Lipinski definition) is 1. The fourth-order valence-electron chi connectivity index (χ4n) is 4.12. The van der Waals surface area contributed by atoms with Gasteiger partial charge in [-0.05, 0) is 38.0 Å². The van der Waals surface area contributed by atoms with Crippen LogP contribution >= 0.6 is 0 Å². The lowest BCUT2D eigenvalue weighted by Gasteiger charge is -2.41. The molecule has 0 bridgehead atoms. The van der Waals surface area contributed by atoms with Crippen molar-refractivity contribution in [3.05, 3.63) is 0 Å². The highest BCUT2D eigenvalue weighted by Gasteiger charge is 2.34. The molecule has 2 fully saturated rings. The van der Waals surface area contributed by atoms with E-state index in [0.717, 1.165) is 13.1 Å². The van der Waals surface area contributed by atoms with Crippen molar-refractivity contribution in [2.45, 2.75) is 78.6 Å². The summed E-state index contributed by atoms with van der Waals surface area (Å²) in [6.07, 6.45) is 5.37. The number of nitrogens with one attached hydrogen (secondary N) is 1. The maximum atomic E-state index is 12.5. The molecule has 0 aromatic heterocycles. The van der Waals surface area contributed by atoms with Crippen LogP contribution in [0.3, 0.4) is 0 Å². The Kier molecular flexibility index (Phi) is 5.89. The molecule has 0 spiro atoms. The Hall–Kier alpha value is -0.610. The number of amides is 1. The molecule has 4 unspecified atom stereocenters. The van der Waals surface area contributed by atoms with E-state index in [1.165, 1.54) is 25.7 Å². The summed E-state index contributed by atoms with van der Waals surface area (Å²) in [7, 11) is 0. The Balaban J connectivity index is 1.86. The summed E-state index contributed by atoms with van der Waals surface area (Å²) in [4.78, 5) is 14.5. The van der Waals surface area contributed by atoms with Crippen LogP contribution in [0.25, 0.3) is 0 Å². The van der Waals surface area contributed by atoms with Crippen molar-refractivity contribution in [2.24, 2.45) is 11.3 Å². The molecule has 1 amide bonds. The van der Waals surface area contributed by atoms with Crippen LogP contribution in [0.5, 0.6) is 0 Å². The molecule has 1 saturated heterocycles. The van der Waals surface area contributed by atoms with Crippen LogP contribution in [0.1, 0.15) is 60.3 Å². The van der Waals surface area contributed by atoms with Crippen LogP contribution < -0.4 is 5.32 Å². The van der Waals surface area contributed by atoms with E-state index in [0.29, 0.717) is 23.9 Å². The normalized spacial score (nSPS) is 33.8. The highest BCUT2D eigenvalue weighted by atomic mass is 16.5. The van der Waals surface area contributed by atoms with Gasteiger partial charge in [-0.15, -0.1) is 0 Å². The van der Waals surface area contributed by atoms with Gasteiger partial charge in [0, 0.05) is 19.1 Å². The molecule has 1 heterocycles. The van der Waals surface area contributed by atoms with Crippen molar-refractivity contribution in [2.75, 3.05) is 19.6 Å². The van der Waals surface area contributed by atoms with Gasteiger partial charge in [0.05, 0.1) is 18.8 Å². The zero-order valence-corrected chi connectivity index (χ0v) is 15.0. The Labute approximate surface area is 136 Å². The average Bonchev–Trinajstić information content (AvgIpc) is 2.43. The van der Waals surface area contributed by atoms with Crippen LogP contribution in [0.15, 0.2) is 0 Å². The standard InChI is InChI=1S/C18H34N2O2/c1-13-11-20(12-14(2)22-13)17(21)10-19-16-9-7-6-8-15(16)18(3,4)5/h13-16,19H,6-12H2,1-5H3. The Morgan fingerprint density at radius 1 is 1.14 bits per heavy atom. The van der Waals surface area contributed by atoms with E-state index in [2.05, 4.69) is 26.1 Å². The van der Waals surface area contributed by atoms with Crippen molar-refractivity contribution in [1.29, 1.82) is 0 Å². The van der Waals surface area contributed by atoms with Gasteiger partial charge in [-0.1, -0.05) is 33.6 Å². The highest BCUT2D eigenvalue weighted by Crippen LogP contribution is 2.37. The van der Waals surface area contributed by atoms with Crippen molar-refractivity contribution in [1.82, 2.24) is 10.2 Å². The number of carbonyl (C=O) groups is 1. The first-order chi connectivity index (χ1) is 10.3. The molecule has 22 heavy (non-hydrogen) atoms. The van der Waals surface area contributed by atoms with Gasteiger partial charge in [0.1, 0.15) is 0 Å². The molecular weight excluding hydrogens is 276 g/mol. The minimum atomic E-state index is 0.143. The molecule has 1 saturated carbocycles. The lowest BCUT2D eigenvalue weighted by atomic mass is 9.69. The lowest BCUT2D eigenvalue weighted by molar-refractivity contribution is -0.142.